The van der Waals surface area contributed by atoms with Crippen LogP contribution in [0.4, 0.5) is 0 Å². The fourth-order valence-corrected chi connectivity index (χ4v) is 3.04. The number of halogens is 1. The highest BCUT2D eigenvalue weighted by molar-refractivity contribution is 14.0. The first-order valence-electron chi connectivity index (χ1n) is 7.27. The van der Waals surface area contributed by atoms with E-state index in [0.29, 0.717) is 5.96 Å². The van der Waals surface area contributed by atoms with Crippen molar-refractivity contribution >= 4 is 41.3 Å². The number of hydrogen-bond donors (Lipinski definition) is 2. The Balaban J connectivity index is 0.00000242. The third-order valence-electron chi connectivity index (χ3n) is 3.22. The highest BCUT2D eigenvalue weighted by atomic mass is 127. The van der Waals surface area contributed by atoms with Gasteiger partial charge in [0.15, 0.2) is 5.96 Å². The molecular formula is C17H24IN3S. The van der Waals surface area contributed by atoms with Crippen LogP contribution < -0.4 is 11.1 Å². The second kappa shape index (κ2) is 9.84. The van der Waals surface area contributed by atoms with Gasteiger partial charge in [0.05, 0.1) is 0 Å². The number of aliphatic imine (C=N–C) groups is 1. The van der Waals surface area contributed by atoms with Gasteiger partial charge < -0.3 is 11.1 Å². The number of benzene rings is 1. The van der Waals surface area contributed by atoms with Crippen LogP contribution in [0.25, 0.3) is 0 Å². The van der Waals surface area contributed by atoms with Crippen LogP contribution in [0, 0.1) is 13.8 Å². The number of thiophene rings is 1. The summed E-state index contributed by atoms with van der Waals surface area (Å²) in [4.78, 5) is 5.70. The largest absolute Gasteiger partial charge is 0.370 e. The standard InChI is InChI=1S/C17H23N3S.HI/c1-13-10-14(2)12-15(11-13)5-7-19-17(18)20-8-6-16-4-3-9-21-16;/h3-4,9-12H,5-8H2,1-2H3,(H3,18,19,20);1H. The van der Waals surface area contributed by atoms with Gasteiger partial charge in [-0.3, -0.25) is 4.99 Å². The quantitative estimate of drug-likeness (QED) is 0.418. The minimum Gasteiger partial charge on any atom is -0.370 e. The van der Waals surface area contributed by atoms with E-state index in [4.69, 9.17) is 5.73 Å². The summed E-state index contributed by atoms with van der Waals surface area (Å²) in [5.41, 5.74) is 9.83. The number of hydrogen-bond acceptors (Lipinski definition) is 2. The Kier molecular flexibility index (Phi) is 8.48. The zero-order valence-electron chi connectivity index (χ0n) is 13.1. The predicted molar refractivity (Wildman–Crippen MR) is 108 cm³/mol. The molecule has 0 aliphatic heterocycles. The van der Waals surface area contributed by atoms with Crippen LogP contribution in [-0.4, -0.2) is 19.0 Å². The highest BCUT2D eigenvalue weighted by Gasteiger charge is 1.98. The average molecular weight is 429 g/mol. The molecule has 1 aromatic heterocycles. The second-order valence-electron chi connectivity index (χ2n) is 5.27. The molecular weight excluding hydrogens is 405 g/mol. The van der Waals surface area contributed by atoms with E-state index in [1.165, 1.54) is 21.6 Å². The fourth-order valence-electron chi connectivity index (χ4n) is 2.35. The van der Waals surface area contributed by atoms with Gasteiger partial charge in [0.25, 0.3) is 0 Å². The van der Waals surface area contributed by atoms with Crippen molar-refractivity contribution in [1.82, 2.24) is 5.32 Å². The van der Waals surface area contributed by atoms with E-state index >= 15 is 0 Å². The molecule has 0 amide bonds. The summed E-state index contributed by atoms with van der Waals surface area (Å²) in [5, 5.41) is 5.27. The van der Waals surface area contributed by atoms with Crippen molar-refractivity contribution in [3.8, 4) is 0 Å². The first kappa shape index (κ1) is 19.0. The Labute approximate surface area is 154 Å². The number of guanidine groups is 1. The lowest BCUT2D eigenvalue weighted by atomic mass is 10.1. The maximum absolute atomic E-state index is 5.88. The summed E-state index contributed by atoms with van der Waals surface area (Å²) in [6.07, 6.45) is 1.92. The summed E-state index contributed by atoms with van der Waals surface area (Å²) < 4.78 is 0. The molecule has 0 atom stereocenters. The van der Waals surface area contributed by atoms with Crippen LogP contribution in [0.1, 0.15) is 21.6 Å². The molecule has 0 aliphatic rings. The Morgan fingerprint density at radius 3 is 2.55 bits per heavy atom. The molecule has 5 heteroatoms. The van der Waals surface area contributed by atoms with E-state index in [2.05, 4.69) is 59.9 Å². The Hall–Kier alpha value is -1.08. The minimum absolute atomic E-state index is 0. The first-order chi connectivity index (χ1) is 10.1. The Bertz CT molecular complexity index is 574. The van der Waals surface area contributed by atoms with E-state index in [0.717, 1.165) is 25.9 Å². The van der Waals surface area contributed by atoms with Crippen molar-refractivity contribution in [3.05, 3.63) is 57.3 Å². The third-order valence-corrected chi connectivity index (χ3v) is 4.16. The van der Waals surface area contributed by atoms with Crippen molar-refractivity contribution in [2.75, 3.05) is 13.1 Å². The molecule has 3 N–H and O–H groups in total. The van der Waals surface area contributed by atoms with Crippen molar-refractivity contribution in [2.24, 2.45) is 10.7 Å². The summed E-state index contributed by atoms with van der Waals surface area (Å²) >= 11 is 1.76. The van der Waals surface area contributed by atoms with Crippen LogP contribution in [0.5, 0.6) is 0 Å². The molecule has 0 aliphatic carbocycles. The molecule has 1 aromatic carbocycles. The van der Waals surface area contributed by atoms with Gasteiger partial charge >= 0.3 is 0 Å². The maximum atomic E-state index is 5.88. The number of rotatable bonds is 6. The number of aryl methyl sites for hydroxylation is 2. The normalized spacial score (nSPS) is 11.1. The van der Waals surface area contributed by atoms with Gasteiger partial charge in [0, 0.05) is 24.4 Å². The van der Waals surface area contributed by atoms with Crippen LogP contribution >= 0.6 is 35.3 Å². The number of nitrogens with two attached hydrogens (primary N) is 1. The van der Waals surface area contributed by atoms with Crippen LogP contribution in [-0.2, 0) is 12.8 Å². The van der Waals surface area contributed by atoms with Gasteiger partial charge in [0.2, 0.25) is 0 Å². The molecule has 120 valence electrons. The van der Waals surface area contributed by atoms with Crippen LogP contribution in [0.2, 0.25) is 0 Å². The molecule has 0 radical (unpaired) electrons. The van der Waals surface area contributed by atoms with Gasteiger partial charge in [-0.2, -0.15) is 0 Å². The third kappa shape index (κ3) is 6.79. The lowest BCUT2D eigenvalue weighted by Crippen LogP contribution is -2.33. The fraction of sp³-hybridized carbons (Fsp3) is 0.353. The topological polar surface area (TPSA) is 50.4 Å². The molecule has 2 rings (SSSR count). The van der Waals surface area contributed by atoms with Gasteiger partial charge in [-0.25, -0.2) is 0 Å². The molecule has 0 saturated carbocycles. The lowest BCUT2D eigenvalue weighted by molar-refractivity contribution is 0.844. The van der Waals surface area contributed by atoms with E-state index < -0.39 is 0 Å². The van der Waals surface area contributed by atoms with Crippen LogP contribution in [0.3, 0.4) is 0 Å². The summed E-state index contributed by atoms with van der Waals surface area (Å²) in [7, 11) is 0. The Morgan fingerprint density at radius 2 is 1.91 bits per heavy atom. The molecule has 0 unspecified atom stereocenters. The first-order valence-corrected chi connectivity index (χ1v) is 8.15. The highest BCUT2D eigenvalue weighted by Crippen LogP contribution is 2.09. The molecule has 1 heterocycles. The molecule has 2 aromatic rings. The SMILES string of the molecule is Cc1cc(C)cc(CCNC(N)=NCCc2cccs2)c1.I. The van der Waals surface area contributed by atoms with Gasteiger partial charge in [0.1, 0.15) is 0 Å². The van der Waals surface area contributed by atoms with Crippen molar-refractivity contribution < 1.29 is 0 Å². The predicted octanol–water partition coefficient (Wildman–Crippen LogP) is 3.67. The van der Waals surface area contributed by atoms with Gasteiger partial charge in [-0.1, -0.05) is 35.4 Å². The summed E-state index contributed by atoms with van der Waals surface area (Å²) in [6.45, 7) is 5.81. The van der Waals surface area contributed by atoms with E-state index in [-0.39, 0.29) is 24.0 Å². The van der Waals surface area contributed by atoms with Gasteiger partial charge in [-0.15, -0.1) is 35.3 Å². The second-order valence-corrected chi connectivity index (χ2v) is 6.30. The molecule has 0 saturated heterocycles. The van der Waals surface area contributed by atoms with E-state index in [9.17, 15) is 0 Å². The lowest BCUT2D eigenvalue weighted by Gasteiger charge is -2.07. The monoisotopic (exact) mass is 429 g/mol. The average Bonchev–Trinajstić information content (AvgIpc) is 2.91. The Morgan fingerprint density at radius 1 is 1.18 bits per heavy atom. The molecule has 3 nitrogen and oxygen atoms in total. The molecule has 22 heavy (non-hydrogen) atoms. The maximum Gasteiger partial charge on any atom is 0.188 e. The summed E-state index contributed by atoms with van der Waals surface area (Å²) in [6, 6.07) is 10.8. The molecule has 0 fully saturated rings. The minimum atomic E-state index is 0. The van der Waals surface area contributed by atoms with Crippen molar-refractivity contribution in [3.63, 3.8) is 0 Å². The molecule has 0 spiro atoms. The zero-order valence-corrected chi connectivity index (χ0v) is 16.3. The summed E-state index contributed by atoms with van der Waals surface area (Å²) in [5.74, 6) is 0.538. The smallest absolute Gasteiger partial charge is 0.188 e. The van der Waals surface area contributed by atoms with E-state index in [1.54, 1.807) is 11.3 Å². The van der Waals surface area contributed by atoms with Crippen molar-refractivity contribution in [2.45, 2.75) is 26.7 Å². The number of nitrogens with one attached hydrogen (secondary N) is 1. The van der Waals surface area contributed by atoms with Crippen molar-refractivity contribution in [1.29, 1.82) is 0 Å². The van der Waals surface area contributed by atoms with Crippen LogP contribution in [0.15, 0.2) is 40.7 Å². The van der Waals surface area contributed by atoms with E-state index in [1.807, 2.05) is 0 Å². The zero-order chi connectivity index (χ0) is 15.1. The number of nitrogens with zero attached hydrogens (tertiary/aromatic N) is 1. The molecule has 0 bridgehead atoms. The van der Waals surface area contributed by atoms with Gasteiger partial charge in [-0.05, 0) is 37.3 Å².